The highest BCUT2D eigenvalue weighted by Gasteiger charge is 2.27. The SMILES string of the molecule is O=C(NCCCS(=O)(=O)N1CCN(c2ccccn2)CC1)c1ccc2c(c1)OCO2. The monoisotopic (exact) mass is 432 g/mol. The van der Waals surface area contributed by atoms with Crippen molar-refractivity contribution in [1.82, 2.24) is 14.6 Å². The Balaban J connectivity index is 1.21. The van der Waals surface area contributed by atoms with E-state index in [-0.39, 0.29) is 25.0 Å². The van der Waals surface area contributed by atoms with Gasteiger partial charge in [0.2, 0.25) is 16.8 Å². The third-order valence-electron chi connectivity index (χ3n) is 5.10. The van der Waals surface area contributed by atoms with Crippen molar-refractivity contribution in [2.45, 2.75) is 6.42 Å². The largest absolute Gasteiger partial charge is 0.454 e. The summed E-state index contributed by atoms with van der Waals surface area (Å²) in [5, 5.41) is 2.76. The number of pyridine rings is 1. The number of carbonyl (C=O) groups excluding carboxylic acids is 1. The van der Waals surface area contributed by atoms with Crippen LogP contribution in [0.4, 0.5) is 5.82 Å². The number of sulfonamides is 1. The molecule has 10 heteroatoms. The Kier molecular flexibility index (Phi) is 6.05. The topological polar surface area (TPSA) is 101 Å². The lowest BCUT2D eigenvalue weighted by atomic mass is 10.2. The Morgan fingerprint density at radius 2 is 1.87 bits per heavy atom. The molecular weight excluding hydrogens is 408 g/mol. The van der Waals surface area contributed by atoms with Crippen molar-refractivity contribution in [3.05, 3.63) is 48.2 Å². The first-order chi connectivity index (χ1) is 14.5. The summed E-state index contributed by atoms with van der Waals surface area (Å²) in [6, 6.07) is 10.7. The summed E-state index contributed by atoms with van der Waals surface area (Å²) >= 11 is 0. The number of rotatable bonds is 7. The van der Waals surface area contributed by atoms with Gasteiger partial charge in [-0.15, -0.1) is 0 Å². The minimum atomic E-state index is -3.36. The van der Waals surface area contributed by atoms with Gasteiger partial charge in [0.05, 0.1) is 5.75 Å². The van der Waals surface area contributed by atoms with Crippen LogP contribution in [0.25, 0.3) is 0 Å². The van der Waals surface area contributed by atoms with Crippen LogP contribution in [0.2, 0.25) is 0 Å². The predicted octanol–water partition coefficient (Wildman–Crippen LogP) is 1.08. The summed E-state index contributed by atoms with van der Waals surface area (Å²) in [6.45, 7) is 2.51. The molecule has 2 aromatic rings. The quantitative estimate of drug-likeness (QED) is 0.654. The Bertz CT molecular complexity index is 992. The molecule has 160 valence electrons. The number of hydrogen-bond acceptors (Lipinski definition) is 7. The molecule has 3 heterocycles. The molecule has 4 rings (SSSR count). The number of carbonyl (C=O) groups is 1. The fourth-order valence-electron chi connectivity index (χ4n) is 3.46. The second-order valence-electron chi connectivity index (χ2n) is 7.07. The van der Waals surface area contributed by atoms with Crippen molar-refractivity contribution in [3.8, 4) is 11.5 Å². The Hall–Kier alpha value is -2.85. The van der Waals surface area contributed by atoms with Crippen molar-refractivity contribution in [2.75, 3.05) is 50.2 Å². The van der Waals surface area contributed by atoms with E-state index < -0.39 is 10.0 Å². The van der Waals surface area contributed by atoms with Gasteiger partial charge in [0.15, 0.2) is 11.5 Å². The molecule has 1 amide bonds. The van der Waals surface area contributed by atoms with Crippen molar-refractivity contribution >= 4 is 21.7 Å². The van der Waals surface area contributed by atoms with Gasteiger partial charge in [-0.2, -0.15) is 4.31 Å². The molecule has 1 saturated heterocycles. The number of ether oxygens (including phenoxy) is 2. The third kappa shape index (κ3) is 4.65. The Labute approximate surface area is 175 Å². The van der Waals surface area contributed by atoms with Crippen LogP contribution in [0.15, 0.2) is 42.6 Å². The van der Waals surface area contributed by atoms with Crippen LogP contribution >= 0.6 is 0 Å². The van der Waals surface area contributed by atoms with Gasteiger partial charge in [0, 0.05) is 44.5 Å². The summed E-state index contributed by atoms with van der Waals surface area (Å²) in [5.74, 6) is 1.74. The fraction of sp³-hybridized carbons (Fsp3) is 0.400. The molecule has 1 aromatic carbocycles. The third-order valence-corrected chi connectivity index (χ3v) is 7.06. The maximum Gasteiger partial charge on any atom is 0.251 e. The Morgan fingerprint density at radius 3 is 2.63 bits per heavy atom. The van der Waals surface area contributed by atoms with Gasteiger partial charge < -0.3 is 19.7 Å². The number of aromatic nitrogens is 1. The number of anilines is 1. The van der Waals surface area contributed by atoms with Gasteiger partial charge in [-0.05, 0) is 36.8 Å². The molecular formula is C20H24N4O5S. The van der Waals surface area contributed by atoms with Gasteiger partial charge in [-0.3, -0.25) is 4.79 Å². The molecule has 0 atom stereocenters. The van der Waals surface area contributed by atoms with E-state index in [1.165, 1.54) is 4.31 Å². The average Bonchev–Trinajstić information content (AvgIpc) is 3.25. The van der Waals surface area contributed by atoms with Crippen molar-refractivity contribution in [3.63, 3.8) is 0 Å². The highest BCUT2D eigenvalue weighted by Crippen LogP contribution is 2.32. The highest BCUT2D eigenvalue weighted by atomic mass is 32.2. The second kappa shape index (κ2) is 8.88. The van der Waals surface area contributed by atoms with Crippen LogP contribution in [0.3, 0.4) is 0 Å². The highest BCUT2D eigenvalue weighted by molar-refractivity contribution is 7.89. The summed E-state index contributed by atoms with van der Waals surface area (Å²) in [6.07, 6.45) is 2.08. The van der Waals surface area contributed by atoms with E-state index >= 15 is 0 Å². The van der Waals surface area contributed by atoms with E-state index in [2.05, 4.69) is 15.2 Å². The lowest BCUT2D eigenvalue weighted by Crippen LogP contribution is -2.49. The molecule has 0 radical (unpaired) electrons. The maximum absolute atomic E-state index is 12.6. The van der Waals surface area contributed by atoms with E-state index in [0.717, 1.165) is 5.82 Å². The zero-order valence-electron chi connectivity index (χ0n) is 16.5. The van der Waals surface area contributed by atoms with E-state index in [4.69, 9.17) is 9.47 Å². The lowest BCUT2D eigenvalue weighted by Gasteiger charge is -2.34. The minimum absolute atomic E-state index is 0.00198. The molecule has 0 saturated carbocycles. The van der Waals surface area contributed by atoms with Crippen LogP contribution in [0.1, 0.15) is 16.8 Å². The van der Waals surface area contributed by atoms with Crippen molar-refractivity contribution in [1.29, 1.82) is 0 Å². The molecule has 1 N–H and O–H groups in total. The zero-order valence-corrected chi connectivity index (χ0v) is 17.3. The van der Waals surface area contributed by atoms with E-state index in [1.807, 2.05) is 18.2 Å². The van der Waals surface area contributed by atoms with Gasteiger partial charge in [-0.1, -0.05) is 6.07 Å². The number of nitrogens with one attached hydrogen (secondary N) is 1. The molecule has 2 aliphatic heterocycles. The molecule has 1 aromatic heterocycles. The van der Waals surface area contributed by atoms with Gasteiger partial charge in [-0.25, -0.2) is 13.4 Å². The van der Waals surface area contributed by atoms with Gasteiger partial charge in [0.1, 0.15) is 5.82 Å². The number of hydrogen-bond donors (Lipinski definition) is 1. The molecule has 9 nitrogen and oxygen atoms in total. The van der Waals surface area contributed by atoms with Crippen LogP contribution in [0, 0.1) is 0 Å². The van der Waals surface area contributed by atoms with Crippen LogP contribution in [0.5, 0.6) is 11.5 Å². The van der Waals surface area contributed by atoms with Gasteiger partial charge in [0.25, 0.3) is 5.91 Å². The summed E-state index contributed by atoms with van der Waals surface area (Å²) < 4.78 is 37.3. The zero-order chi connectivity index (χ0) is 21.0. The lowest BCUT2D eigenvalue weighted by molar-refractivity contribution is 0.0953. The average molecular weight is 433 g/mol. The van der Waals surface area contributed by atoms with Crippen LogP contribution in [-0.4, -0.2) is 68.9 Å². The number of nitrogens with zero attached hydrogens (tertiary/aromatic N) is 3. The number of benzene rings is 1. The van der Waals surface area contributed by atoms with Crippen molar-refractivity contribution < 1.29 is 22.7 Å². The predicted molar refractivity (Wildman–Crippen MR) is 111 cm³/mol. The molecule has 0 unspecified atom stereocenters. The summed E-state index contributed by atoms with van der Waals surface area (Å²) in [4.78, 5) is 18.7. The molecule has 0 bridgehead atoms. The van der Waals surface area contributed by atoms with E-state index in [0.29, 0.717) is 49.7 Å². The Morgan fingerprint density at radius 1 is 1.07 bits per heavy atom. The van der Waals surface area contributed by atoms with Crippen molar-refractivity contribution in [2.24, 2.45) is 0 Å². The maximum atomic E-state index is 12.6. The molecule has 2 aliphatic rings. The first-order valence-corrected chi connectivity index (χ1v) is 11.5. The minimum Gasteiger partial charge on any atom is -0.454 e. The number of piperazine rings is 1. The van der Waals surface area contributed by atoms with Crippen LogP contribution < -0.4 is 19.7 Å². The molecule has 0 spiro atoms. The molecule has 0 aliphatic carbocycles. The van der Waals surface area contributed by atoms with E-state index in [1.54, 1.807) is 24.4 Å². The fourth-order valence-corrected chi connectivity index (χ4v) is 4.95. The standard InChI is InChI=1S/C20H24N4O5S/c25-20(16-5-6-17-18(14-16)29-15-28-17)22-8-3-13-30(26,27)24-11-9-23(10-12-24)19-4-1-2-7-21-19/h1-2,4-7,14H,3,8-13,15H2,(H,22,25). The normalized spacial score (nSPS) is 16.5. The first-order valence-electron chi connectivity index (χ1n) is 9.84. The first kappa shape index (κ1) is 20.4. The van der Waals surface area contributed by atoms with E-state index in [9.17, 15) is 13.2 Å². The second-order valence-corrected chi connectivity index (χ2v) is 9.16. The van der Waals surface area contributed by atoms with Crippen LogP contribution in [-0.2, 0) is 10.0 Å². The number of amides is 1. The summed E-state index contributed by atoms with van der Waals surface area (Å²) in [7, 11) is -3.36. The summed E-state index contributed by atoms with van der Waals surface area (Å²) in [5.41, 5.74) is 0.452. The van der Waals surface area contributed by atoms with Gasteiger partial charge >= 0.3 is 0 Å². The molecule has 30 heavy (non-hydrogen) atoms. The smallest absolute Gasteiger partial charge is 0.251 e. The number of fused-ring (bicyclic) bond motifs is 1. The molecule has 1 fully saturated rings.